The van der Waals surface area contributed by atoms with Gasteiger partial charge in [0.05, 0.1) is 5.75 Å². The van der Waals surface area contributed by atoms with Gasteiger partial charge in [0, 0.05) is 43.8 Å². The monoisotopic (exact) mass is 457 g/mol. The lowest BCUT2D eigenvalue weighted by Crippen LogP contribution is -2.65. The number of sulfonamides is 1. The van der Waals surface area contributed by atoms with Crippen LogP contribution in [-0.4, -0.2) is 67.5 Å². The number of halogens is 1. The average molecular weight is 458 g/mol. The van der Waals surface area contributed by atoms with Crippen molar-refractivity contribution in [3.05, 3.63) is 35.9 Å². The lowest BCUT2D eigenvalue weighted by Gasteiger charge is -2.53. The molecule has 2 atom stereocenters. The maximum absolute atomic E-state index is 12.7. The van der Waals surface area contributed by atoms with E-state index in [1.54, 1.807) is 4.31 Å². The van der Waals surface area contributed by atoms with Crippen molar-refractivity contribution in [2.24, 2.45) is 5.92 Å². The molecule has 3 rings (SSSR count). The third-order valence-corrected chi connectivity index (χ3v) is 8.81. The summed E-state index contributed by atoms with van der Waals surface area (Å²) in [5, 5.41) is 3.19. The van der Waals surface area contributed by atoms with E-state index in [-0.39, 0.29) is 29.6 Å². The van der Waals surface area contributed by atoms with Crippen LogP contribution >= 0.6 is 12.4 Å². The van der Waals surface area contributed by atoms with Crippen molar-refractivity contribution in [1.82, 2.24) is 14.5 Å². The van der Waals surface area contributed by atoms with E-state index < -0.39 is 10.0 Å². The molecule has 1 aromatic carbocycles. The first kappa shape index (κ1) is 25.1. The number of hydrogen-bond donors (Lipinski definition) is 1. The van der Waals surface area contributed by atoms with E-state index in [0.29, 0.717) is 37.5 Å². The molecule has 2 aliphatic rings. The highest BCUT2D eigenvalue weighted by molar-refractivity contribution is 7.89. The number of piperazine rings is 1. The highest BCUT2D eigenvalue weighted by Gasteiger charge is 2.45. The first-order chi connectivity index (χ1) is 13.9. The minimum atomic E-state index is -3.15. The van der Waals surface area contributed by atoms with Crippen LogP contribution in [0.4, 0.5) is 0 Å². The maximum Gasteiger partial charge on any atom is 0.251 e. The Kier molecular flexibility index (Phi) is 9.15. The van der Waals surface area contributed by atoms with Gasteiger partial charge >= 0.3 is 0 Å². The molecule has 170 valence electrons. The van der Waals surface area contributed by atoms with Crippen LogP contribution in [0.2, 0.25) is 0 Å². The van der Waals surface area contributed by atoms with Gasteiger partial charge < -0.3 is 5.32 Å². The minimum absolute atomic E-state index is 0. The smallest absolute Gasteiger partial charge is 0.251 e. The second kappa shape index (κ2) is 10.9. The fourth-order valence-electron chi connectivity index (χ4n) is 4.96. The molecule has 2 unspecified atom stereocenters. The lowest BCUT2D eigenvalue weighted by molar-refractivity contribution is -0.0116. The summed E-state index contributed by atoms with van der Waals surface area (Å²) in [7, 11) is -3.15. The molecule has 1 heterocycles. The van der Waals surface area contributed by atoms with Gasteiger partial charge in [-0.05, 0) is 37.3 Å². The van der Waals surface area contributed by atoms with Gasteiger partial charge in [-0.15, -0.1) is 12.4 Å². The van der Waals surface area contributed by atoms with Crippen molar-refractivity contribution in [2.45, 2.75) is 51.5 Å². The molecule has 1 saturated heterocycles. The summed E-state index contributed by atoms with van der Waals surface area (Å²) >= 11 is 0. The van der Waals surface area contributed by atoms with E-state index in [0.717, 1.165) is 32.4 Å². The summed E-state index contributed by atoms with van der Waals surface area (Å²) in [6.07, 6.45) is 5.22. The van der Waals surface area contributed by atoms with Crippen LogP contribution in [0.15, 0.2) is 30.3 Å². The van der Waals surface area contributed by atoms with Crippen molar-refractivity contribution < 1.29 is 13.2 Å². The predicted octanol–water partition coefficient (Wildman–Crippen LogP) is 3.14. The molecule has 1 saturated carbocycles. The number of nitrogens with one attached hydrogen (secondary N) is 1. The van der Waals surface area contributed by atoms with Crippen molar-refractivity contribution in [3.63, 3.8) is 0 Å². The van der Waals surface area contributed by atoms with Gasteiger partial charge in [-0.2, -0.15) is 4.31 Å². The third-order valence-electron chi connectivity index (χ3n) is 6.73. The number of rotatable bonds is 7. The number of hydrogen-bond acceptors (Lipinski definition) is 4. The summed E-state index contributed by atoms with van der Waals surface area (Å²) in [4.78, 5) is 15.1. The van der Waals surface area contributed by atoms with E-state index in [4.69, 9.17) is 0 Å². The number of carbonyl (C=O) groups is 1. The second-order valence-electron chi connectivity index (χ2n) is 8.50. The van der Waals surface area contributed by atoms with Crippen LogP contribution in [0, 0.1) is 5.92 Å². The van der Waals surface area contributed by atoms with Gasteiger partial charge in [-0.1, -0.05) is 44.9 Å². The molecule has 2 fully saturated rings. The fourth-order valence-corrected chi connectivity index (χ4v) is 6.46. The summed E-state index contributed by atoms with van der Waals surface area (Å²) in [5.41, 5.74) is 0.588. The van der Waals surface area contributed by atoms with E-state index in [2.05, 4.69) is 17.1 Å². The summed E-state index contributed by atoms with van der Waals surface area (Å²) in [5.74, 6) is 0.653. The topological polar surface area (TPSA) is 69.7 Å². The molecule has 1 amide bonds. The Hall–Kier alpha value is -1.15. The fraction of sp³-hybridized carbons (Fsp3) is 0.682. The van der Waals surface area contributed by atoms with Crippen molar-refractivity contribution in [2.75, 3.05) is 38.5 Å². The van der Waals surface area contributed by atoms with Gasteiger partial charge in [-0.3, -0.25) is 9.69 Å². The largest absolute Gasteiger partial charge is 0.350 e. The normalized spacial score (nSPS) is 26.0. The van der Waals surface area contributed by atoms with Crippen LogP contribution in [-0.2, 0) is 10.0 Å². The Morgan fingerprint density at radius 2 is 1.80 bits per heavy atom. The molecule has 0 aromatic heterocycles. The average Bonchev–Trinajstić information content (AvgIpc) is 2.74. The number of nitrogens with zero attached hydrogens (tertiary/aromatic N) is 2. The van der Waals surface area contributed by atoms with Crippen LogP contribution in [0.1, 0.15) is 56.3 Å². The second-order valence-corrected chi connectivity index (χ2v) is 10.6. The van der Waals surface area contributed by atoms with Crippen LogP contribution in [0.25, 0.3) is 0 Å². The molecule has 1 aliphatic carbocycles. The first-order valence-corrected chi connectivity index (χ1v) is 12.6. The quantitative estimate of drug-likeness (QED) is 0.682. The summed E-state index contributed by atoms with van der Waals surface area (Å²) < 4.78 is 26.5. The van der Waals surface area contributed by atoms with Crippen LogP contribution in [0.3, 0.4) is 0 Å². The zero-order valence-corrected chi connectivity index (χ0v) is 19.8. The van der Waals surface area contributed by atoms with E-state index in [1.807, 2.05) is 37.3 Å². The molecular weight excluding hydrogens is 422 g/mol. The highest BCUT2D eigenvalue weighted by Crippen LogP contribution is 2.39. The van der Waals surface area contributed by atoms with Crippen molar-refractivity contribution in [3.8, 4) is 0 Å². The van der Waals surface area contributed by atoms with Gasteiger partial charge in [-0.25, -0.2) is 8.42 Å². The standard InChI is InChI=1S/C22H35N3O3S.ClH/c1-3-17-29(27,28)25-15-13-24(14-16-25)22(12-8-7-9-19(22)2)18-23-21(26)20-10-5-4-6-11-20;/h4-6,10-11,19H,3,7-9,12-18H2,1-2H3,(H,23,26);1H. The van der Waals surface area contributed by atoms with Gasteiger partial charge in [0.1, 0.15) is 0 Å². The van der Waals surface area contributed by atoms with Crippen molar-refractivity contribution >= 4 is 28.3 Å². The Bertz CT molecular complexity index is 782. The molecule has 0 bridgehead atoms. The van der Waals surface area contributed by atoms with E-state index >= 15 is 0 Å². The Morgan fingerprint density at radius 3 is 2.40 bits per heavy atom. The lowest BCUT2D eigenvalue weighted by atomic mass is 9.72. The van der Waals surface area contributed by atoms with Crippen LogP contribution < -0.4 is 5.32 Å². The zero-order chi connectivity index (χ0) is 20.9. The zero-order valence-electron chi connectivity index (χ0n) is 18.2. The molecular formula is C22H36ClN3O3S. The predicted molar refractivity (Wildman–Crippen MR) is 124 cm³/mol. The Balaban J connectivity index is 0.00000320. The van der Waals surface area contributed by atoms with Gasteiger partial charge in [0.15, 0.2) is 0 Å². The Labute approximate surface area is 187 Å². The molecule has 1 N–H and O–H groups in total. The molecule has 1 aromatic rings. The molecule has 6 nitrogen and oxygen atoms in total. The third kappa shape index (κ3) is 5.55. The van der Waals surface area contributed by atoms with Gasteiger partial charge in [0.2, 0.25) is 10.0 Å². The summed E-state index contributed by atoms with van der Waals surface area (Å²) in [6, 6.07) is 9.34. The molecule has 8 heteroatoms. The van der Waals surface area contributed by atoms with E-state index in [1.165, 1.54) is 6.42 Å². The highest BCUT2D eigenvalue weighted by atomic mass is 35.5. The number of carbonyl (C=O) groups excluding carboxylic acids is 1. The first-order valence-electron chi connectivity index (χ1n) is 10.9. The van der Waals surface area contributed by atoms with E-state index in [9.17, 15) is 13.2 Å². The maximum atomic E-state index is 12.7. The molecule has 0 radical (unpaired) electrons. The minimum Gasteiger partial charge on any atom is -0.350 e. The molecule has 1 aliphatic heterocycles. The van der Waals surface area contributed by atoms with Gasteiger partial charge in [0.25, 0.3) is 5.91 Å². The van der Waals surface area contributed by atoms with Crippen molar-refractivity contribution in [1.29, 1.82) is 0 Å². The summed E-state index contributed by atoms with van der Waals surface area (Å²) in [6.45, 7) is 7.36. The number of benzene rings is 1. The SMILES string of the molecule is CCCS(=O)(=O)N1CCN(C2(CNC(=O)c3ccccc3)CCCCC2C)CC1.Cl. The molecule has 0 spiro atoms. The molecule has 30 heavy (non-hydrogen) atoms. The van der Waals surface area contributed by atoms with Crippen LogP contribution in [0.5, 0.6) is 0 Å². The number of amides is 1. The Morgan fingerprint density at radius 1 is 1.13 bits per heavy atom.